The van der Waals surface area contributed by atoms with Crippen LogP contribution in [0, 0.1) is 10.1 Å². The van der Waals surface area contributed by atoms with E-state index in [1.54, 1.807) is 12.1 Å². The molecule has 2 heterocycles. The number of rotatable bonds is 7. The summed E-state index contributed by atoms with van der Waals surface area (Å²) in [5, 5.41) is 20.1. The predicted octanol–water partition coefficient (Wildman–Crippen LogP) is 5.30. The maximum Gasteiger partial charge on any atom is 0.269 e. The minimum atomic E-state index is -0.467. The Hall–Kier alpha value is -3.98. The van der Waals surface area contributed by atoms with Gasteiger partial charge in [0.25, 0.3) is 5.69 Å². The minimum Gasteiger partial charge on any atom is -0.341 e. The molecule has 1 aromatic heterocycles. The van der Waals surface area contributed by atoms with Crippen LogP contribution < -0.4 is 0 Å². The van der Waals surface area contributed by atoms with Crippen LogP contribution in [0.5, 0.6) is 0 Å². The molecule has 0 radical (unpaired) electrons. The van der Waals surface area contributed by atoms with Gasteiger partial charge in [-0.15, -0.1) is 10.2 Å². The number of likely N-dealkylation sites (tertiary alicyclic amines) is 1. The van der Waals surface area contributed by atoms with E-state index in [1.807, 2.05) is 70.1 Å². The fourth-order valence-corrected chi connectivity index (χ4v) is 5.31. The van der Waals surface area contributed by atoms with Gasteiger partial charge in [-0.3, -0.25) is 19.5 Å². The first kappa shape index (κ1) is 22.8. The number of aromatic nitrogens is 3. The van der Waals surface area contributed by atoms with E-state index in [4.69, 9.17) is 0 Å². The van der Waals surface area contributed by atoms with Crippen LogP contribution >= 0.6 is 11.8 Å². The van der Waals surface area contributed by atoms with Crippen molar-refractivity contribution in [3.63, 3.8) is 0 Å². The zero-order valence-corrected chi connectivity index (χ0v) is 19.7. The lowest BCUT2D eigenvalue weighted by molar-refractivity contribution is -0.384. The molecule has 0 saturated carbocycles. The van der Waals surface area contributed by atoms with Gasteiger partial charge in [-0.2, -0.15) is 0 Å². The van der Waals surface area contributed by atoms with Crippen molar-refractivity contribution in [1.29, 1.82) is 0 Å². The first-order valence-corrected chi connectivity index (χ1v) is 12.3. The zero-order chi connectivity index (χ0) is 24.2. The first-order valence-electron chi connectivity index (χ1n) is 11.4. The Kier molecular flexibility index (Phi) is 6.58. The molecule has 0 spiro atoms. The topological polar surface area (TPSA) is 94.2 Å². The Morgan fingerprint density at radius 2 is 1.51 bits per heavy atom. The van der Waals surface area contributed by atoms with Gasteiger partial charge in [0.05, 0.1) is 4.92 Å². The van der Waals surface area contributed by atoms with E-state index in [2.05, 4.69) is 10.2 Å². The molecule has 9 heteroatoms. The second kappa shape index (κ2) is 10.1. The van der Waals surface area contributed by atoms with Crippen molar-refractivity contribution in [3.05, 3.63) is 101 Å². The Labute approximate surface area is 206 Å². The fourth-order valence-electron chi connectivity index (χ4n) is 4.17. The molecule has 0 N–H and O–H groups in total. The lowest BCUT2D eigenvalue weighted by atomic mass is 10.1. The summed E-state index contributed by atoms with van der Waals surface area (Å²) in [4.78, 5) is 26.2. The molecular formula is C26H23N5O3S. The number of nitro benzene ring substituents is 1. The SMILES string of the molecule is O=C([C@H](Sc1nnc(-c2ccc([N+](=O)[O-])cc2)n1-c1ccccc1)c1ccccc1)N1CCCC1. The number of hydrogen-bond donors (Lipinski definition) is 0. The van der Waals surface area contributed by atoms with Crippen molar-refractivity contribution < 1.29 is 9.72 Å². The number of non-ortho nitro benzene ring substituents is 1. The highest BCUT2D eigenvalue weighted by atomic mass is 32.2. The monoisotopic (exact) mass is 485 g/mol. The fraction of sp³-hybridized carbons (Fsp3) is 0.192. The number of para-hydroxylation sites is 1. The number of benzene rings is 3. The normalized spacial score (nSPS) is 14.1. The number of hydrogen-bond acceptors (Lipinski definition) is 6. The molecular weight excluding hydrogens is 462 g/mol. The van der Waals surface area contributed by atoms with E-state index >= 15 is 0 Å². The Morgan fingerprint density at radius 3 is 2.14 bits per heavy atom. The smallest absolute Gasteiger partial charge is 0.269 e. The van der Waals surface area contributed by atoms with E-state index < -0.39 is 10.2 Å². The predicted molar refractivity (Wildman–Crippen MR) is 134 cm³/mol. The summed E-state index contributed by atoms with van der Waals surface area (Å²) in [5.41, 5.74) is 2.46. The van der Waals surface area contributed by atoms with Crippen molar-refractivity contribution >= 4 is 23.4 Å². The van der Waals surface area contributed by atoms with E-state index in [1.165, 1.54) is 23.9 Å². The van der Waals surface area contributed by atoms with E-state index in [-0.39, 0.29) is 11.6 Å². The second-order valence-electron chi connectivity index (χ2n) is 8.22. The lowest BCUT2D eigenvalue weighted by Gasteiger charge is -2.23. The average Bonchev–Trinajstić information content (AvgIpc) is 3.59. The van der Waals surface area contributed by atoms with Gasteiger partial charge in [-0.05, 0) is 42.7 Å². The van der Waals surface area contributed by atoms with Crippen molar-refractivity contribution in [2.45, 2.75) is 23.2 Å². The molecule has 3 aromatic carbocycles. The molecule has 0 bridgehead atoms. The molecule has 176 valence electrons. The van der Waals surface area contributed by atoms with Gasteiger partial charge in [-0.1, -0.05) is 60.3 Å². The van der Waals surface area contributed by atoms with Crippen molar-refractivity contribution in [3.8, 4) is 17.1 Å². The third kappa shape index (κ3) is 4.81. The standard InChI is InChI=1S/C26H23N5O3S/c32-25(29-17-7-8-18-29)23(19-9-3-1-4-10-19)35-26-28-27-24(30(26)21-11-5-2-6-12-21)20-13-15-22(16-14-20)31(33)34/h1-6,9-16,23H,7-8,17-18H2/t23-/m1/s1. The molecule has 1 saturated heterocycles. The van der Waals surface area contributed by atoms with Crippen LogP contribution in [0.1, 0.15) is 23.7 Å². The summed E-state index contributed by atoms with van der Waals surface area (Å²) in [6, 6.07) is 25.6. The molecule has 0 unspecified atom stereocenters. The van der Waals surface area contributed by atoms with Gasteiger partial charge in [0.15, 0.2) is 11.0 Å². The summed E-state index contributed by atoms with van der Waals surface area (Å²) in [5.74, 6) is 0.618. The molecule has 5 rings (SSSR count). The van der Waals surface area contributed by atoms with Gasteiger partial charge in [0, 0.05) is 36.5 Å². The quantitative estimate of drug-likeness (QED) is 0.200. The van der Waals surface area contributed by atoms with Gasteiger partial charge in [-0.25, -0.2) is 0 Å². The number of nitrogens with zero attached hydrogens (tertiary/aromatic N) is 5. The van der Waals surface area contributed by atoms with Crippen molar-refractivity contribution in [2.75, 3.05) is 13.1 Å². The largest absolute Gasteiger partial charge is 0.341 e. The highest BCUT2D eigenvalue weighted by Gasteiger charge is 2.31. The zero-order valence-electron chi connectivity index (χ0n) is 18.9. The van der Waals surface area contributed by atoms with Crippen molar-refractivity contribution in [1.82, 2.24) is 19.7 Å². The number of carbonyl (C=O) groups excluding carboxylic acids is 1. The molecule has 8 nitrogen and oxygen atoms in total. The maximum atomic E-state index is 13.6. The Morgan fingerprint density at radius 1 is 0.886 bits per heavy atom. The molecule has 35 heavy (non-hydrogen) atoms. The van der Waals surface area contributed by atoms with Crippen LogP contribution in [0.15, 0.2) is 90.1 Å². The lowest BCUT2D eigenvalue weighted by Crippen LogP contribution is -2.31. The third-order valence-corrected chi connectivity index (χ3v) is 7.14. The van der Waals surface area contributed by atoms with Crippen LogP contribution in [-0.2, 0) is 4.79 Å². The maximum absolute atomic E-state index is 13.6. The van der Waals surface area contributed by atoms with Gasteiger partial charge in [0.1, 0.15) is 5.25 Å². The molecule has 0 aliphatic carbocycles. The van der Waals surface area contributed by atoms with Crippen LogP contribution in [-0.4, -0.2) is 43.6 Å². The molecule has 1 amide bonds. The van der Waals surface area contributed by atoms with Crippen LogP contribution in [0.3, 0.4) is 0 Å². The second-order valence-corrected chi connectivity index (χ2v) is 9.29. The summed E-state index contributed by atoms with van der Waals surface area (Å²) in [6.07, 6.45) is 2.03. The van der Waals surface area contributed by atoms with Crippen LogP contribution in [0.25, 0.3) is 17.1 Å². The van der Waals surface area contributed by atoms with Gasteiger partial charge >= 0.3 is 0 Å². The average molecular weight is 486 g/mol. The van der Waals surface area contributed by atoms with Crippen LogP contribution in [0.2, 0.25) is 0 Å². The third-order valence-electron chi connectivity index (χ3n) is 5.95. The number of thioether (sulfide) groups is 1. The highest BCUT2D eigenvalue weighted by molar-refractivity contribution is 8.00. The molecule has 1 atom stereocenters. The number of carbonyl (C=O) groups is 1. The molecule has 4 aromatic rings. The summed E-state index contributed by atoms with van der Waals surface area (Å²) in [7, 11) is 0. The number of nitro groups is 1. The van der Waals surface area contributed by atoms with E-state index in [0.29, 0.717) is 16.5 Å². The van der Waals surface area contributed by atoms with Crippen LogP contribution in [0.4, 0.5) is 5.69 Å². The molecule has 1 fully saturated rings. The van der Waals surface area contributed by atoms with Gasteiger partial charge in [0.2, 0.25) is 5.91 Å². The Bertz CT molecular complexity index is 1320. The number of amides is 1. The summed E-state index contributed by atoms with van der Waals surface area (Å²) in [6.45, 7) is 1.53. The Balaban J connectivity index is 1.57. The van der Waals surface area contributed by atoms with Crippen molar-refractivity contribution in [2.24, 2.45) is 0 Å². The van der Waals surface area contributed by atoms with Gasteiger partial charge < -0.3 is 4.90 Å². The summed E-state index contributed by atoms with van der Waals surface area (Å²) >= 11 is 1.37. The van der Waals surface area contributed by atoms with E-state index in [0.717, 1.165) is 37.2 Å². The minimum absolute atomic E-state index is 0.00877. The van der Waals surface area contributed by atoms with E-state index in [9.17, 15) is 14.9 Å². The first-order chi connectivity index (χ1) is 17.1. The molecule has 1 aliphatic rings. The summed E-state index contributed by atoms with van der Waals surface area (Å²) < 4.78 is 1.90. The molecule has 1 aliphatic heterocycles. The highest BCUT2D eigenvalue weighted by Crippen LogP contribution is 2.39.